The minimum absolute atomic E-state index is 0.514. The van der Waals surface area contributed by atoms with Crippen LogP contribution >= 0.6 is 0 Å². The Morgan fingerprint density at radius 3 is 2.47 bits per heavy atom. The fourth-order valence-electron chi connectivity index (χ4n) is 2.60. The minimum atomic E-state index is -0.514. The molecular formula is C16H25NO2. The predicted molar refractivity (Wildman–Crippen MR) is 78.8 cm³/mol. The summed E-state index contributed by atoms with van der Waals surface area (Å²) < 4.78 is 5.42. The van der Waals surface area contributed by atoms with Crippen molar-refractivity contribution in [2.45, 2.75) is 45.8 Å². The van der Waals surface area contributed by atoms with Crippen molar-refractivity contribution in [1.82, 2.24) is 0 Å². The van der Waals surface area contributed by atoms with E-state index in [1.807, 2.05) is 19.1 Å². The van der Waals surface area contributed by atoms with Crippen LogP contribution in [0.25, 0.3) is 0 Å². The monoisotopic (exact) mass is 263 g/mol. The van der Waals surface area contributed by atoms with Gasteiger partial charge in [-0.2, -0.15) is 0 Å². The van der Waals surface area contributed by atoms with Crippen LogP contribution in [0.2, 0.25) is 0 Å². The second kappa shape index (κ2) is 5.83. The van der Waals surface area contributed by atoms with E-state index in [-0.39, 0.29) is 0 Å². The average molecular weight is 263 g/mol. The van der Waals surface area contributed by atoms with Crippen molar-refractivity contribution in [3.63, 3.8) is 0 Å². The highest BCUT2D eigenvalue weighted by Crippen LogP contribution is 2.40. The largest absolute Gasteiger partial charge is 0.496 e. The van der Waals surface area contributed by atoms with Crippen LogP contribution in [0.1, 0.15) is 45.3 Å². The second-order valence-electron chi connectivity index (χ2n) is 5.85. The van der Waals surface area contributed by atoms with Gasteiger partial charge in [0.05, 0.1) is 13.2 Å². The molecule has 0 heterocycles. The Morgan fingerprint density at radius 1 is 1.32 bits per heavy atom. The zero-order valence-corrected chi connectivity index (χ0v) is 12.4. The molecule has 1 N–H and O–H groups in total. The fourth-order valence-corrected chi connectivity index (χ4v) is 2.60. The molecule has 1 aliphatic rings. The van der Waals surface area contributed by atoms with Gasteiger partial charge in [0.1, 0.15) is 5.75 Å². The molecule has 3 heteroatoms. The van der Waals surface area contributed by atoms with E-state index in [1.54, 1.807) is 7.11 Å². The van der Waals surface area contributed by atoms with E-state index in [1.165, 1.54) is 12.8 Å². The SMILES string of the molecule is COc1cccc(N(CC(C)C)C2CC2)c1[C@H](C)O. The summed E-state index contributed by atoms with van der Waals surface area (Å²) in [6.45, 7) is 7.30. The lowest BCUT2D eigenvalue weighted by Crippen LogP contribution is -2.31. The third-order valence-corrected chi connectivity index (χ3v) is 3.54. The van der Waals surface area contributed by atoms with Gasteiger partial charge < -0.3 is 14.7 Å². The quantitative estimate of drug-likeness (QED) is 0.854. The van der Waals surface area contributed by atoms with E-state index in [2.05, 4.69) is 24.8 Å². The van der Waals surface area contributed by atoms with Gasteiger partial charge in [-0.1, -0.05) is 19.9 Å². The van der Waals surface area contributed by atoms with Gasteiger partial charge in [0, 0.05) is 23.8 Å². The first-order chi connectivity index (χ1) is 9.04. The van der Waals surface area contributed by atoms with Gasteiger partial charge in [0.15, 0.2) is 0 Å². The lowest BCUT2D eigenvalue weighted by atomic mass is 10.0. The van der Waals surface area contributed by atoms with Gasteiger partial charge in [-0.25, -0.2) is 0 Å². The number of benzene rings is 1. The molecule has 1 atom stereocenters. The third kappa shape index (κ3) is 3.21. The van der Waals surface area contributed by atoms with Crippen LogP contribution < -0.4 is 9.64 Å². The number of ether oxygens (including phenoxy) is 1. The summed E-state index contributed by atoms with van der Waals surface area (Å²) in [5.74, 6) is 1.38. The highest BCUT2D eigenvalue weighted by atomic mass is 16.5. The number of aliphatic hydroxyl groups is 1. The molecule has 0 spiro atoms. The number of nitrogens with zero attached hydrogens (tertiary/aromatic N) is 1. The molecule has 2 rings (SSSR count). The van der Waals surface area contributed by atoms with E-state index in [0.717, 1.165) is 23.5 Å². The van der Waals surface area contributed by atoms with Crippen molar-refractivity contribution in [1.29, 1.82) is 0 Å². The molecule has 0 unspecified atom stereocenters. The topological polar surface area (TPSA) is 32.7 Å². The third-order valence-electron chi connectivity index (χ3n) is 3.54. The summed E-state index contributed by atoms with van der Waals surface area (Å²) >= 11 is 0. The Morgan fingerprint density at radius 2 is 2.00 bits per heavy atom. The Labute approximate surface area is 116 Å². The number of aliphatic hydroxyl groups excluding tert-OH is 1. The molecule has 0 aromatic heterocycles. The van der Waals surface area contributed by atoms with E-state index in [0.29, 0.717) is 12.0 Å². The van der Waals surface area contributed by atoms with E-state index < -0.39 is 6.10 Å². The van der Waals surface area contributed by atoms with Gasteiger partial charge in [0.2, 0.25) is 0 Å². The van der Waals surface area contributed by atoms with Crippen LogP contribution in [0.5, 0.6) is 5.75 Å². The first-order valence-electron chi connectivity index (χ1n) is 7.16. The number of methoxy groups -OCH3 is 1. The smallest absolute Gasteiger partial charge is 0.126 e. The number of hydrogen-bond donors (Lipinski definition) is 1. The van der Waals surface area contributed by atoms with Crippen molar-refractivity contribution in [2.75, 3.05) is 18.6 Å². The molecule has 0 bridgehead atoms. The molecule has 0 saturated heterocycles. The van der Waals surface area contributed by atoms with Gasteiger partial charge in [-0.05, 0) is 37.8 Å². The molecule has 1 fully saturated rings. The van der Waals surface area contributed by atoms with E-state index >= 15 is 0 Å². The maximum Gasteiger partial charge on any atom is 0.126 e. The number of hydrogen-bond acceptors (Lipinski definition) is 3. The van der Waals surface area contributed by atoms with Crippen molar-refractivity contribution in [3.05, 3.63) is 23.8 Å². The van der Waals surface area contributed by atoms with Crippen LogP contribution in [-0.4, -0.2) is 24.8 Å². The predicted octanol–water partition coefficient (Wildman–Crippen LogP) is 3.37. The second-order valence-corrected chi connectivity index (χ2v) is 5.85. The lowest BCUT2D eigenvalue weighted by molar-refractivity contribution is 0.194. The molecule has 19 heavy (non-hydrogen) atoms. The highest BCUT2D eigenvalue weighted by molar-refractivity contribution is 5.61. The maximum atomic E-state index is 10.1. The first-order valence-corrected chi connectivity index (χ1v) is 7.16. The molecule has 1 aromatic rings. The molecule has 0 radical (unpaired) electrons. The highest BCUT2D eigenvalue weighted by Gasteiger charge is 2.32. The van der Waals surface area contributed by atoms with E-state index in [9.17, 15) is 5.11 Å². The van der Waals surface area contributed by atoms with Gasteiger partial charge in [-0.3, -0.25) is 0 Å². The molecule has 0 aliphatic heterocycles. The van der Waals surface area contributed by atoms with Crippen LogP contribution in [-0.2, 0) is 0 Å². The fraction of sp³-hybridized carbons (Fsp3) is 0.625. The molecule has 1 saturated carbocycles. The molecule has 3 nitrogen and oxygen atoms in total. The summed E-state index contributed by atoms with van der Waals surface area (Å²) in [7, 11) is 1.66. The molecular weight excluding hydrogens is 238 g/mol. The van der Waals surface area contributed by atoms with E-state index in [4.69, 9.17) is 4.74 Å². The Hall–Kier alpha value is -1.22. The van der Waals surface area contributed by atoms with Crippen molar-refractivity contribution in [3.8, 4) is 5.75 Å². The normalized spacial score (nSPS) is 16.5. The minimum Gasteiger partial charge on any atom is -0.496 e. The Balaban J connectivity index is 2.40. The van der Waals surface area contributed by atoms with Gasteiger partial charge in [-0.15, -0.1) is 0 Å². The van der Waals surface area contributed by atoms with Crippen LogP contribution in [0, 0.1) is 5.92 Å². The Kier molecular flexibility index (Phi) is 4.35. The molecule has 1 aliphatic carbocycles. The summed E-state index contributed by atoms with van der Waals surface area (Å²) in [6.07, 6.45) is 1.99. The maximum absolute atomic E-state index is 10.1. The van der Waals surface area contributed by atoms with Crippen molar-refractivity contribution in [2.24, 2.45) is 5.92 Å². The van der Waals surface area contributed by atoms with Crippen molar-refractivity contribution < 1.29 is 9.84 Å². The standard InChI is InChI=1S/C16H25NO2/c1-11(2)10-17(13-8-9-13)14-6-5-7-15(19-4)16(14)12(3)18/h5-7,11-13,18H,8-10H2,1-4H3/t12-/m0/s1. The number of rotatable bonds is 6. The van der Waals surface area contributed by atoms with Gasteiger partial charge in [0.25, 0.3) is 0 Å². The summed E-state index contributed by atoms with van der Waals surface area (Å²) in [5, 5.41) is 10.1. The van der Waals surface area contributed by atoms with Gasteiger partial charge >= 0.3 is 0 Å². The zero-order chi connectivity index (χ0) is 14.0. The molecule has 0 amide bonds. The molecule has 106 valence electrons. The zero-order valence-electron chi connectivity index (χ0n) is 12.4. The first kappa shape index (κ1) is 14.2. The Bertz CT molecular complexity index is 425. The summed E-state index contributed by atoms with van der Waals surface area (Å²) in [6, 6.07) is 6.67. The van der Waals surface area contributed by atoms with Crippen LogP contribution in [0.4, 0.5) is 5.69 Å². The lowest BCUT2D eigenvalue weighted by Gasteiger charge is -2.30. The van der Waals surface area contributed by atoms with Crippen LogP contribution in [0.15, 0.2) is 18.2 Å². The molecule has 1 aromatic carbocycles. The van der Waals surface area contributed by atoms with Crippen LogP contribution in [0.3, 0.4) is 0 Å². The average Bonchev–Trinajstić information content (AvgIpc) is 3.18. The summed E-state index contributed by atoms with van der Waals surface area (Å²) in [5.41, 5.74) is 2.04. The van der Waals surface area contributed by atoms with Crippen molar-refractivity contribution >= 4 is 5.69 Å². The number of anilines is 1. The summed E-state index contributed by atoms with van der Waals surface area (Å²) in [4.78, 5) is 2.44.